The molecule has 0 saturated heterocycles. The predicted octanol–water partition coefficient (Wildman–Crippen LogP) is 4.86. The Bertz CT molecular complexity index is 408. The summed E-state index contributed by atoms with van der Waals surface area (Å²) in [7, 11) is 0. The monoisotopic (exact) mass is 252 g/mol. The molecule has 1 aromatic carbocycles. The molecule has 0 atom stereocenters. The van der Waals surface area contributed by atoms with E-state index >= 15 is 0 Å². The van der Waals surface area contributed by atoms with E-state index in [1.165, 1.54) is 5.56 Å². The third-order valence-electron chi connectivity index (χ3n) is 2.87. The van der Waals surface area contributed by atoms with Gasteiger partial charge in [-0.25, -0.2) is 0 Å². The van der Waals surface area contributed by atoms with Gasteiger partial charge in [-0.1, -0.05) is 23.8 Å². The summed E-state index contributed by atoms with van der Waals surface area (Å²) in [6.07, 6.45) is 6.25. The summed E-state index contributed by atoms with van der Waals surface area (Å²) in [4.78, 5) is 0. The van der Waals surface area contributed by atoms with E-state index < -0.39 is 0 Å². The fraction of sp³-hybridized carbons (Fsp3) is 0.467. The molecule has 0 aliphatic rings. The Morgan fingerprint density at radius 1 is 1.35 bits per heavy atom. The van der Waals surface area contributed by atoms with Crippen molar-refractivity contribution in [3.05, 3.63) is 39.9 Å². The van der Waals surface area contributed by atoms with Gasteiger partial charge in [-0.3, -0.25) is 0 Å². The van der Waals surface area contributed by atoms with Crippen LogP contribution in [0.1, 0.15) is 37.0 Å². The number of halogens is 1. The van der Waals surface area contributed by atoms with Gasteiger partial charge in [0.05, 0.1) is 6.61 Å². The fourth-order valence-corrected chi connectivity index (χ4v) is 2.23. The molecule has 1 nitrogen and oxygen atoms in total. The lowest BCUT2D eigenvalue weighted by atomic mass is 9.99. The third-order valence-corrected chi connectivity index (χ3v) is 3.26. The van der Waals surface area contributed by atoms with Crippen molar-refractivity contribution in [2.45, 2.75) is 40.5 Å². The molecule has 0 amide bonds. The molecule has 0 N–H and O–H groups in total. The van der Waals surface area contributed by atoms with Crippen LogP contribution in [0.2, 0.25) is 5.02 Å². The molecule has 0 unspecified atom stereocenters. The first-order valence-corrected chi connectivity index (χ1v) is 6.52. The Balaban J connectivity index is 3.12. The highest BCUT2D eigenvalue weighted by Crippen LogP contribution is 2.33. The van der Waals surface area contributed by atoms with Gasteiger partial charge in [0.2, 0.25) is 0 Å². The first-order valence-electron chi connectivity index (χ1n) is 6.14. The maximum Gasteiger partial charge on any atom is 0.125 e. The van der Waals surface area contributed by atoms with Gasteiger partial charge in [-0.15, -0.1) is 0 Å². The number of hydrogen-bond acceptors (Lipinski definition) is 1. The van der Waals surface area contributed by atoms with Crippen LogP contribution in [0.25, 0.3) is 0 Å². The fourth-order valence-electron chi connectivity index (χ4n) is 1.96. The highest BCUT2D eigenvalue weighted by Gasteiger charge is 2.12. The normalized spacial score (nSPS) is 11.1. The Hall–Kier alpha value is -0.950. The van der Waals surface area contributed by atoms with Crippen LogP contribution in [0.4, 0.5) is 0 Å². The van der Waals surface area contributed by atoms with Crippen LogP contribution in [0.5, 0.6) is 5.75 Å². The molecular weight excluding hydrogens is 232 g/mol. The highest BCUT2D eigenvalue weighted by molar-refractivity contribution is 6.31. The van der Waals surface area contributed by atoms with Crippen LogP contribution in [0, 0.1) is 13.8 Å². The van der Waals surface area contributed by atoms with Crippen molar-refractivity contribution < 1.29 is 4.74 Å². The minimum absolute atomic E-state index is 0.693. The van der Waals surface area contributed by atoms with Gasteiger partial charge in [-0.05, 0) is 63.3 Å². The zero-order valence-corrected chi connectivity index (χ0v) is 11.9. The summed E-state index contributed by atoms with van der Waals surface area (Å²) in [6.45, 7) is 8.86. The summed E-state index contributed by atoms with van der Waals surface area (Å²) in [5.41, 5.74) is 3.51. The molecule has 0 bridgehead atoms. The van der Waals surface area contributed by atoms with Crippen molar-refractivity contribution in [3.8, 4) is 5.75 Å². The minimum Gasteiger partial charge on any atom is -0.493 e. The molecule has 0 fully saturated rings. The molecule has 1 rings (SSSR count). The average Bonchev–Trinajstić information content (AvgIpc) is 2.30. The van der Waals surface area contributed by atoms with E-state index in [4.69, 9.17) is 16.3 Å². The van der Waals surface area contributed by atoms with Crippen molar-refractivity contribution >= 4 is 11.6 Å². The number of aryl methyl sites for hydroxylation is 1. The second-order valence-corrected chi connectivity index (χ2v) is 4.56. The second kappa shape index (κ2) is 6.70. The number of hydrogen-bond donors (Lipinski definition) is 0. The van der Waals surface area contributed by atoms with Crippen LogP contribution >= 0.6 is 11.6 Å². The average molecular weight is 253 g/mol. The van der Waals surface area contributed by atoms with Crippen molar-refractivity contribution in [1.29, 1.82) is 0 Å². The van der Waals surface area contributed by atoms with Gasteiger partial charge in [0, 0.05) is 5.02 Å². The molecule has 0 heterocycles. The number of rotatable bonds is 5. The first-order chi connectivity index (χ1) is 8.11. The van der Waals surface area contributed by atoms with Crippen molar-refractivity contribution in [2.75, 3.05) is 6.61 Å². The van der Waals surface area contributed by atoms with E-state index in [2.05, 4.69) is 26.0 Å². The standard InChI is InChI=1S/C15H21ClO/c1-5-7-8-9-13-12(4)14(16)10-11(3)15(13)17-6-2/h5,7,10H,6,8-9H2,1-4H3/b7-5-. The molecule has 1 aromatic rings. The van der Waals surface area contributed by atoms with Gasteiger partial charge < -0.3 is 4.74 Å². The summed E-state index contributed by atoms with van der Waals surface area (Å²) < 4.78 is 5.75. The quantitative estimate of drug-likeness (QED) is 0.680. The highest BCUT2D eigenvalue weighted by atomic mass is 35.5. The van der Waals surface area contributed by atoms with E-state index in [-0.39, 0.29) is 0 Å². The zero-order valence-electron chi connectivity index (χ0n) is 11.1. The van der Waals surface area contributed by atoms with Crippen molar-refractivity contribution in [2.24, 2.45) is 0 Å². The van der Waals surface area contributed by atoms with Gasteiger partial charge in [0.25, 0.3) is 0 Å². The first kappa shape index (κ1) is 14.1. The largest absolute Gasteiger partial charge is 0.493 e. The number of allylic oxidation sites excluding steroid dienone is 2. The van der Waals surface area contributed by atoms with Gasteiger partial charge in [0.15, 0.2) is 0 Å². The van der Waals surface area contributed by atoms with Crippen LogP contribution in [-0.2, 0) is 6.42 Å². The molecule has 94 valence electrons. The molecule has 17 heavy (non-hydrogen) atoms. The summed E-state index contributed by atoms with van der Waals surface area (Å²) in [5, 5.41) is 0.835. The lowest BCUT2D eigenvalue weighted by molar-refractivity contribution is 0.334. The SMILES string of the molecule is C/C=C\CCc1c(C)c(Cl)cc(C)c1OCC. The second-order valence-electron chi connectivity index (χ2n) is 4.15. The third kappa shape index (κ3) is 3.50. The summed E-state index contributed by atoms with van der Waals surface area (Å²) in [5.74, 6) is 1.01. The topological polar surface area (TPSA) is 9.23 Å². The van der Waals surface area contributed by atoms with Crippen LogP contribution in [-0.4, -0.2) is 6.61 Å². The van der Waals surface area contributed by atoms with E-state index in [0.29, 0.717) is 6.61 Å². The maximum absolute atomic E-state index is 6.23. The van der Waals surface area contributed by atoms with Crippen molar-refractivity contribution in [3.63, 3.8) is 0 Å². The Labute approximate surface area is 109 Å². The maximum atomic E-state index is 6.23. The Morgan fingerprint density at radius 2 is 2.06 bits per heavy atom. The molecule has 2 heteroatoms. The van der Waals surface area contributed by atoms with Crippen LogP contribution < -0.4 is 4.74 Å². The van der Waals surface area contributed by atoms with E-state index in [9.17, 15) is 0 Å². The number of ether oxygens (including phenoxy) is 1. The predicted molar refractivity (Wildman–Crippen MR) is 75.2 cm³/mol. The Kier molecular flexibility index (Phi) is 5.57. The number of benzene rings is 1. The molecule has 0 spiro atoms. The Morgan fingerprint density at radius 3 is 2.65 bits per heavy atom. The molecule has 0 aliphatic carbocycles. The lowest BCUT2D eigenvalue weighted by Crippen LogP contribution is -2.02. The molecule has 0 saturated carbocycles. The molecule has 0 radical (unpaired) electrons. The molecular formula is C15H21ClO. The molecule has 0 aromatic heterocycles. The van der Waals surface area contributed by atoms with Gasteiger partial charge >= 0.3 is 0 Å². The summed E-state index contributed by atoms with van der Waals surface area (Å²) in [6, 6.07) is 1.99. The lowest BCUT2D eigenvalue weighted by Gasteiger charge is -2.16. The van der Waals surface area contributed by atoms with E-state index in [0.717, 1.165) is 34.7 Å². The summed E-state index contributed by atoms with van der Waals surface area (Å²) >= 11 is 6.23. The minimum atomic E-state index is 0.693. The van der Waals surface area contributed by atoms with Gasteiger partial charge in [-0.2, -0.15) is 0 Å². The van der Waals surface area contributed by atoms with E-state index in [1.54, 1.807) is 0 Å². The zero-order chi connectivity index (χ0) is 12.8. The van der Waals surface area contributed by atoms with Crippen LogP contribution in [0.3, 0.4) is 0 Å². The van der Waals surface area contributed by atoms with E-state index in [1.807, 2.05) is 19.9 Å². The smallest absolute Gasteiger partial charge is 0.125 e. The van der Waals surface area contributed by atoms with Crippen molar-refractivity contribution in [1.82, 2.24) is 0 Å². The van der Waals surface area contributed by atoms with Crippen LogP contribution in [0.15, 0.2) is 18.2 Å². The molecule has 0 aliphatic heterocycles. The van der Waals surface area contributed by atoms with Gasteiger partial charge in [0.1, 0.15) is 5.75 Å².